The zero-order chi connectivity index (χ0) is 12.0. The van der Waals surface area contributed by atoms with Gasteiger partial charge in [0.1, 0.15) is 0 Å². The molecule has 4 nitrogen and oxygen atoms in total. The predicted octanol–water partition coefficient (Wildman–Crippen LogP) is 1.85. The van der Waals surface area contributed by atoms with E-state index in [0.29, 0.717) is 0 Å². The first-order chi connectivity index (χ1) is 7.65. The number of carbonyl (C=O) groups excluding carboxylic acids is 1. The summed E-state index contributed by atoms with van der Waals surface area (Å²) in [6, 6.07) is 3.19. The number of pyridine rings is 1. The number of aryl methyl sites for hydroxylation is 1. The van der Waals surface area contributed by atoms with Crippen LogP contribution >= 0.6 is 0 Å². The number of anilines is 1. The second kappa shape index (κ2) is 6.23. The highest BCUT2D eigenvalue weighted by atomic mass is 16.2. The van der Waals surface area contributed by atoms with Gasteiger partial charge in [-0.15, -0.1) is 0 Å². The largest absolute Gasteiger partial charge is 0.323 e. The van der Waals surface area contributed by atoms with Gasteiger partial charge in [-0.05, 0) is 25.5 Å². The number of rotatable bonds is 5. The topological polar surface area (TPSA) is 68.0 Å². The molecule has 1 rings (SSSR count). The fourth-order valence-corrected chi connectivity index (χ4v) is 1.40. The van der Waals surface area contributed by atoms with Gasteiger partial charge in [0.15, 0.2) is 0 Å². The average molecular weight is 221 g/mol. The van der Waals surface area contributed by atoms with Crippen molar-refractivity contribution >= 4 is 11.6 Å². The molecule has 3 N–H and O–H groups in total. The molecule has 0 bridgehead atoms. The van der Waals surface area contributed by atoms with Crippen molar-refractivity contribution in [2.24, 2.45) is 5.73 Å². The molecule has 0 spiro atoms. The lowest BCUT2D eigenvalue weighted by molar-refractivity contribution is -0.117. The lowest BCUT2D eigenvalue weighted by atomic mass is 10.1. The van der Waals surface area contributed by atoms with E-state index in [4.69, 9.17) is 5.73 Å². The second-order valence-corrected chi connectivity index (χ2v) is 3.87. The van der Waals surface area contributed by atoms with Crippen LogP contribution in [0.2, 0.25) is 0 Å². The van der Waals surface area contributed by atoms with E-state index in [1.807, 2.05) is 13.0 Å². The van der Waals surface area contributed by atoms with Gasteiger partial charge in [-0.1, -0.05) is 19.8 Å². The summed E-state index contributed by atoms with van der Waals surface area (Å²) in [6.45, 7) is 3.93. The van der Waals surface area contributed by atoms with Crippen molar-refractivity contribution in [2.75, 3.05) is 5.32 Å². The van der Waals surface area contributed by atoms with Gasteiger partial charge in [0.05, 0.1) is 17.4 Å². The summed E-state index contributed by atoms with van der Waals surface area (Å²) in [7, 11) is 0. The lowest BCUT2D eigenvalue weighted by Crippen LogP contribution is -2.35. The summed E-state index contributed by atoms with van der Waals surface area (Å²) in [6.07, 6.45) is 4.44. The molecule has 88 valence electrons. The number of hydrogen-bond donors (Lipinski definition) is 2. The summed E-state index contributed by atoms with van der Waals surface area (Å²) < 4.78 is 0. The van der Waals surface area contributed by atoms with Gasteiger partial charge in [-0.25, -0.2) is 0 Å². The van der Waals surface area contributed by atoms with E-state index < -0.39 is 6.04 Å². The van der Waals surface area contributed by atoms with Gasteiger partial charge in [0.25, 0.3) is 0 Å². The highest BCUT2D eigenvalue weighted by Gasteiger charge is 2.13. The summed E-state index contributed by atoms with van der Waals surface area (Å²) in [5.41, 5.74) is 7.31. The minimum atomic E-state index is -0.431. The van der Waals surface area contributed by atoms with E-state index in [2.05, 4.69) is 17.2 Å². The van der Waals surface area contributed by atoms with E-state index in [0.717, 1.165) is 30.6 Å². The van der Waals surface area contributed by atoms with Crippen molar-refractivity contribution in [3.05, 3.63) is 24.0 Å². The summed E-state index contributed by atoms with van der Waals surface area (Å²) >= 11 is 0. The molecule has 0 saturated heterocycles. The van der Waals surface area contributed by atoms with Gasteiger partial charge >= 0.3 is 0 Å². The van der Waals surface area contributed by atoms with Crippen LogP contribution in [0.25, 0.3) is 0 Å². The Hall–Kier alpha value is -1.42. The van der Waals surface area contributed by atoms with Crippen LogP contribution in [0.3, 0.4) is 0 Å². The number of amides is 1. The number of nitrogens with one attached hydrogen (secondary N) is 1. The Morgan fingerprint density at radius 2 is 2.38 bits per heavy atom. The molecule has 0 saturated carbocycles. The van der Waals surface area contributed by atoms with Gasteiger partial charge in [-0.2, -0.15) is 0 Å². The summed E-state index contributed by atoms with van der Waals surface area (Å²) in [4.78, 5) is 15.8. The van der Waals surface area contributed by atoms with E-state index in [1.165, 1.54) is 0 Å². The van der Waals surface area contributed by atoms with E-state index in [1.54, 1.807) is 12.3 Å². The van der Waals surface area contributed by atoms with Crippen molar-refractivity contribution in [3.8, 4) is 0 Å². The van der Waals surface area contributed by atoms with Gasteiger partial charge in [0, 0.05) is 6.20 Å². The zero-order valence-electron chi connectivity index (χ0n) is 9.86. The maximum absolute atomic E-state index is 11.7. The van der Waals surface area contributed by atoms with E-state index in [9.17, 15) is 4.79 Å². The first kappa shape index (κ1) is 12.6. The molecule has 0 aromatic carbocycles. The number of aromatic nitrogens is 1. The van der Waals surface area contributed by atoms with E-state index in [-0.39, 0.29) is 5.91 Å². The molecule has 1 heterocycles. The second-order valence-electron chi connectivity index (χ2n) is 3.87. The van der Waals surface area contributed by atoms with Crippen molar-refractivity contribution in [1.82, 2.24) is 4.98 Å². The highest BCUT2D eigenvalue weighted by molar-refractivity contribution is 5.95. The monoisotopic (exact) mass is 221 g/mol. The van der Waals surface area contributed by atoms with Crippen LogP contribution in [0.4, 0.5) is 5.69 Å². The predicted molar refractivity (Wildman–Crippen MR) is 65.1 cm³/mol. The summed E-state index contributed by atoms with van der Waals surface area (Å²) in [5.74, 6) is -0.135. The zero-order valence-corrected chi connectivity index (χ0v) is 9.86. The summed E-state index contributed by atoms with van der Waals surface area (Å²) in [5, 5.41) is 2.79. The molecule has 1 aromatic heterocycles. The SMILES string of the molecule is CCCC[C@H](N)C(=O)Nc1cccnc1C. The van der Waals surface area contributed by atoms with Crippen LogP contribution in [0.1, 0.15) is 31.9 Å². The normalized spacial score (nSPS) is 12.2. The Balaban J connectivity index is 2.54. The smallest absolute Gasteiger partial charge is 0.241 e. The molecule has 1 aromatic rings. The maximum atomic E-state index is 11.7. The Bertz CT molecular complexity index is 352. The van der Waals surface area contributed by atoms with Crippen LogP contribution < -0.4 is 11.1 Å². The van der Waals surface area contributed by atoms with Crippen LogP contribution in [-0.4, -0.2) is 16.9 Å². The molecule has 0 radical (unpaired) electrons. The third-order valence-corrected chi connectivity index (χ3v) is 2.47. The first-order valence-electron chi connectivity index (χ1n) is 5.63. The molecule has 1 atom stereocenters. The Labute approximate surface area is 96.3 Å². The third-order valence-electron chi connectivity index (χ3n) is 2.47. The molecular weight excluding hydrogens is 202 g/mol. The number of unbranched alkanes of at least 4 members (excludes halogenated alkanes) is 1. The van der Waals surface area contributed by atoms with Gasteiger partial charge < -0.3 is 11.1 Å². The third kappa shape index (κ3) is 3.62. The Morgan fingerprint density at radius 3 is 3.00 bits per heavy atom. The average Bonchev–Trinajstić information content (AvgIpc) is 2.28. The minimum Gasteiger partial charge on any atom is -0.323 e. The highest BCUT2D eigenvalue weighted by Crippen LogP contribution is 2.11. The molecule has 4 heteroatoms. The molecule has 0 fully saturated rings. The fraction of sp³-hybridized carbons (Fsp3) is 0.500. The van der Waals surface area contributed by atoms with Crippen molar-refractivity contribution in [2.45, 2.75) is 39.2 Å². The van der Waals surface area contributed by atoms with Crippen LogP contribution in [0.5, 0.6) is 0 Å². The van der Waals surface area contributed by atoms with Gasteiger partial charge in [0.2, 0.25) is 5.91 Å². The quantitative estimate of drug-likeness (QED) is 0.797. The maximum Gasteiger partial charge on any atom is 0.241 e. The Kier molecular flexibility index (Phi) is 4.92. The standard InChI is InChI=1S/C12H19N3O/c1-3-4-6-10(13)12(16)15-11-7-5-8-14-9(11)2/h5,7-8,10H,3-4,6,13H2,1-2H3,(H,15,16)/t10-/m0/s1. The molecule has 0 aliphatic rings. The number of nitrogens with zero attached hydrogens (tertiary/aromatic N) is 1. The molecule has 0 unspecified atom stereocenters. The lowest BCUT2D eigenvalue weighted by Gasteiger charge is -2.12. The van der Waals surface area contributed by atoms with Crippen molar-refractivity contribution < 1.29 is 4.79 Å². The molecule has 0 aliphatic carbocycles. The van der Waals surface area contributed by atoms with Crippen LogP contribution in [0, 0.1) is 6.92 Å². The number of carbonyl (C=O) groups is 1. The fourth-order valence-electron chi connectivity index (χ4n) is 1.40. The Morgan fingerprint density at radius 1 is 1.62 bits per heavy atom. The molecule has 0 aliphatic heterocycles. The van der Waals surface area contributed by atoms with Crippen LogP contribution in [-0.2, 0) is 4.79 Å². The van der Waals surface area contributed by atoms with Gasteiger partial charge in [-0.3, -0.25) is 9.78 Å². The van der Waals surface area contributed by atoms with Crippen molar-refractivity contribution in [1.29, 1.82) is 0 Å². The molecule has 1 amide bonds. The minimum absolute atomic E-state index is 0.135. The van der Waals surface area contributed by atoms with Crippen molar-refractivity contribution in [3.63, 3.8) is 0 Å². The van der Waals surface area contributed by atoms with E-state index >= 15 is 0 Å². The molecular formula is C12H19N3O. The van der Waals surface area contributed by atoms with Crippen LogP contribution in [0.15, 0.2) is 18.3 Å². The number of nitrogens with two attached hydrogens (primary N) is 1. The first-order valence-corrected chi connectivity index (χ1v) is 5.63. The molecule has 16 heavy (non-hydrogen) atoms. The number of hydrogen-bond acceptors (Lipinski definition) is 3.